The lowest BCUT2D eigenvalue weighted by atomic mass is 10.0. The Morgan fingerprint density at radius 2 is 1.71 bits per heavy atom. The van der Waals surface area contributed by atoms with Gasteiger partial charge in [0, 0.05) is 6.54 Å². The third-order valence-corrected chi connectivity index (χ3v) is 6.15. The minimum absolute atomic E-state index is 0.0199. The number of para-hydroxylation sites is 1. The minimum atomic E-state index is -4.83. The van der Waals surface area contributed by atoms with Crippen molar-refractivity contribution >= 4 is 27.6 Å². The summed E-state index contributed by atoms with van der Waals surface area (Å²) < 4.78 is 48.1. The fourth-order valence-corrected chi connectivity index (χ4v) is 4.50. The number of hydrogen-bond acceptors (Lipinski definition) is 5. The summed E-state index contributed by atoms with van der Waals surface area (Å²) in [5.41, 5.74) is 2.07. The molecule has 0 aliphatic carbocycles. The molecule has 0 aliphatic heterocycles. The van der Waals surface area contributed by atoms with Crippen molar-refractivity contribution in [3.8, 4) is 22.0 Å². The maximum absolute atomic E-state index is 13.9. The summed E-state index contributed by atoms with van der Waals surface area (Å²) in [6.45, 7) is 0.0763. The van der Waals surface area contributed by atoms with Crippen LogP contribution < -0.4 is 10.1 Å². The Hall–Kier alpha value is -4.18. The van der Waals surface area contributed by atoms with Gasteiger partial charge in [-0.15, -0.1) is 0 Å². The molecule has 35 heavy (non-hydrogen) atoms. The highest BCUT2D eigenvalue weighted by Crippen LogP contribution is 2.39. The monoisotopic (exact) mass is 494 g/mol. The third kappa shape index (κ3) is 4.87. The number of rotatable bonds is 5. The van der Waals surface area contributed by atoms with Gasteiger partial charge in [-0.2, -0.15) is 23.0 Å². The molecule has 2 aromatic heterocycles. The summed E-state index contributed by atoms with van der Waals surface area (Å²) >= 11 is 1.05. The standard InChI is InChI=1S/C25H17F3N4O2S/c26-25(27,28)22-20(15-30-32(22)23-31-19-11-4-5-12-21(19)35-23)34-24(33)29-14-16-7-6-10-18(13-16)17-8-2-1-3-9-17/h1-13,15H,14H2,(H,29,33). The first-order valence-corrected chi connectivity index (χ1v) is 11.3. The number of thiazole rings is 1. The summed E-state index contributed by atoms with van der Waals surface area (Å²) in [4.78, 5) is 16.6. The molecular formula is C25H17F3N4O2S. The highest BCUT2D eigenvalue weighted by Gasteiger charge is 2.41. The molecule has 0 unspecified atom stereocenters. The Morgan fingerprint density at radius 1 is 0.971 bits per heavy atom. The number of fused-ring (bicyclic) bond motifs is 1. The number of nitrogens with one attached hydrogen (secondary N) is 1. The Labute approximate surface area is 201 Å². The van der Waals surface area contributed by atoms with Gasteiger partial charge in [0.15, 0.2) is 11.4 Å². The van der Waals surface area contributed by atoms with Gasteiger partial charge in [0.05, 0.1) is 16.4 Å². The van der Waals surface area contributed by atoms with E-state index in [-0.39, 0.29) is 11.7 Å². The quantitative estimate of drug-likeness (QED) is 0.305. The van der Waals surface area contributed by atoms with Crippen LogP contribution in [0.3, 0.4) is 0 Å². The van der Waals surface area contributed by atoms with E-state index >= 15 is 0 Å². The van der Waals surface area contributed by atoms with Gasteiger partial charge >= 0.3 is 12.3 Å². The fraction of sp³-hybridized carbons (Fsp3) is 0.0800. The number of benzene rings is 3. The average molecular weight is 494 g/mol. The van der Waals surface area contributed by atoms with Gasteiger partial charge in [-0.1, -0.05) is 72.0 Å². The first-order valence-electron chi connectivity index (χ1n) is 10.5. The second-order valence-corrected chi connectivity index (χ2v) is 8.55. The van der Waals surface area contributed by atoms with Crippen LogP contribution in [0, 0.1) is 0 Å². The summed E-state index contributed by atoms with van der Waals surface area (Å²) in [6.07, 6.45) is -4.98. The highest BCUT2D eigenvalue weighted by molar-refractivity contribution is 7.20. The van der Waals surface area contributed by atoms with E-state index in [1.54, 1.807) is 30.3 Å². The number of hydrogen-bond donors (Lipinski definition) is 1. The molecule has 0 radical (unpaired) electrons. The summed E-state index contributed by atoms with van der Waals surface area (Å²) in [5.74, 6) is -0.702. The molecular weight excluding hydrogens is 477 g/mol. The van der Waals surface area contributed by atoms with Crippen LogP contribution in [0.2, 0.25) is 0 Å². The predicted octanol–water partition coefficient (Wildman–Crippen LogP) is 6.46. The zero-order valence-electron chi connectivity index (χ0n) is 18.0. The van der Waals surface area contributed by atoms with Crippen molar-refractivity contribution in [3.05, 3.63) is 96.3 Å². The van der Waals surface area contributed by atoms with Crippen molar-refractivity contribution < 1.29 is 22.7 Å². The number of alkyl halides is 3. The molecule has 0 spiro atoms. The van der Waals surface area contributed by atoms with E-state index in [1.807, 2.05) is 48.5 Å². The van der Waals surface area contributed by atoms with Crippen LogP contribution in [0.1, 0.15) is 11.3 Å². The number of carbonyl (C=O) groups is 1. The van der Waals surface area contributed by atoms with E-state index in [4.69, 9.17) is 4.74 Å². The maximum atomic E-state index is 13.9. The van der Waals surface area contributed by atoms with E-state index < -0.39 is 23.7 Å². The number of aromatic nitrogens is 3. The molecule has 2 heterocycles. The van der Waals surface area contributed by atoms with Crippen LogP contribution in [0.4, 0.5) is 18.0 Å². The van der Waals surface area contributed by atoms with Crippen molar-refractivity contribution in [2.24, 2.45) is 0 Å². The van der Waals surface area contributed by atoms with Crippen LogP contribution in [-0.2, 0) is 12.7 Å². The molecule has 5 rings (SSSR count). The second-order valence-electron chi connectivity index (χ2n) is 7.54. The normalized spacial score (nSPS) is 11.5. The fourth-order valence-electron chi connectivity index (χ4n) is 3.57. The van der Waals surface area contributed by atoms with E-state index in [1.165, 1.54) is 0 Å². The van der Waals surface area contributed by atoms with E-state index in [9.17, 15) is 18.0 Å². The van der Waals surface area contributed by atoms with Gasteiger partial charge in [-0.25, -0.2) is 9.78 Å². The predicted molar refractivity (Wildman–Crippen MR) is 126 cm³/mol. The Morgan fingerprint density at radius 3 is 2.49 bits per heavy atom. The van der Waals surface area contributed by atoms with Crippen LogP contribution >= 0.6 is 11.3 Å². The smallest absolute Gasteiger partial charge is 0.406 e. The van der Waals surface area contributed by atoms with Gasteiger partial charge in [-0.3, -0.25) is 0 Å². The number of halogens is 3. The zero-order valence-corrected chi connectivity index (χ0v) is 18.8. The number of amides is 1. The van der Waals surface area contributed by atoms with Crippen molar-refractivity contribution in [2.75, 3.05) is 0 Å². The van der Waals surface area contributed by atoms with Gasteiger partial charge in [0.1, 0.15) is 0 Å². The third-order valence-electron chi connectivity index (χ3n) is 5.14. The molecule has 0 bridgehead atoms. The second kappa shape index (κ2) is 9.22. The summed E-state index contributed by atoms with van der Waals surface area (Å²) in [5, 5.41) is 6.32. The largest absolute Gasteiger partial charge is 0.437 e. The lowest BCUT2D eigenvalue weighted by molar-refractivity contribution is -0.143. The van der Waals surface area contributed by atoms with E-state index in [0.717, 1.165) is 34.2 Å². The van der Waals surface area contributed by atoms with Gasteiger partial charge in [0.25, 0.3) is 0 Å². The molecule has 176 valence electrons. The molecule has 0 fully saturated rings. The van der Waals surface area contributed by atoms with Gasteiger partial charge in [0.2, 0.25) is 5.13 Å². The lowest BCUT2D eigenvalue weighted by Crippen LogP contribution is -2.27. The lowest BCUT2D eigenvalue weighted by Gasteiger charge is -2.11. The first kappa shape index (κ1) is 22.6. The number of nitrogens with zero attached hydrogens (tertiary/aromatic N) is 3. The van der Waals surface area contributed by atoms with Crippen LogP contribution in [0.5, 0.6) is 5.75 Å². The number of carbonyl (C=O) groups excluding carboxylic acids is 1. The first-order chi connectivity index (χ1) is 16.9. The van der Waals surface area contributed by atoms with E-state index in [0.29, 0.717) is 14.9 Å². The Kier molecular flexibility index (Phi) is 5.96. The summed E-state index contributed by atoms with van der Waals surface area (Å²) in [7, 11) is 0. The van der Waals surface area contributed by atoms with E-state index in [2.05, 4.69) is 15.4 Å². The minimum Gasteiger partial charge on any atom is -0.406 e. The van der Waals surface area contributed by atoms with Gasteiger partial charge < -0.3 is 10.1 Å². The molecule has 1 N–H and O–H groups in total. The van der Waals surface area contributed by atoms with Crippen LogP contribution in [-0.4, -0.2) is 20.9 Å². The van der Waals surface area contributed by atoms with Gasteiger partial charge in [-0.05, 0) is 34.9 Å². The maximum Gasteiger partial charge on any atom is 0.437 e. The topological polar surface area (TPSA) is 69.0 Å². The van der Waals surface area contributed by atoms with Crippen LogP contribution in [0.15, 0.2) is 85.1 Å². The molecule has 1 amide bonds. The highest BCUT2D eigenvalue weighted by atomic mass is 32.1. The Bertz CT molecular complexity index is 1460. The van der Waals surface area contributed by atoms with Crippen molar-refractivity contribution in [3.63, 3.8) is 0 Å². The molecule has 0 atom stereocenters. The molecule has 6 nitrogen and oxygen atoms in total. The SMILES string of the molecule is O=C(NCc1cccc(-c2ccccc2)c1)Oc1cnn(-c2nc3ccccc3s2)c1C(F)(F)F. The number of ether oxygens (including phenoxy) is 1. The Balaban J connectivity index is 1.33. The molecule has 3 aromatic carbocycles. The molecule has 0 saturated heterocycles. The molecule has 10 heteroatoms. The van der Waals surface area contributed by atoms with Crippen molar-refractivity contribution in [1.82, 2.24) is 20.1 Å². The molecule has 0 saturated carbocycles. The summed E-state index contributed by atoms with van der Waals surface area (Å²) in [6, 6.07) is 24.1. The molecule has 5 aromatic rings. The van der Waals surface area contributed by atoms with Crippen molar-refractivity contribution in [1.29, 1.82) is 0 Å². The van der Waals surface area contributed by atoms with Crippen LogP contribution in [0.25, 0.3) is 26.5 Å². The zero-order chi connectivity index (χ0) is 24.4. The van der Waals surface area contributed by atoms with Crippen molar-refractivity contribution in [2.45, 2.75) is 12.7 Å². The molecule has 0 aliphatic rings. The average Bonchev–Trinajstić information content (AvgIpc) is 3.47.